The van der Waals surface area contributed by atoms with Crippen molar-refractivity contribution in [3.05, 3.63) is 12.2 Å². The smallest absolute Gasteiger partial charge is 0.359 e. The summed E-state index contributed by atoms with van der Waals surface area (Å²) in [5.41, 5.74) is 5.23. The van der Waals surface area contributed by atoms with Crippen LogP contribution in [0.25, 0.3) is 11.2 Å². The van der Waals surface area contributed by atoms with Gasteiger partial charge in [-0.1, -0.05) is 20.8 Å². The van der Waals surface area contributed by atoms with Crippen molar-refractivity contribution < 1.29 is 34.0 Å². The van der Waals surface area contributed by atoms with E-state index in [1.54, 1.807) is 25.3 Å². The Kier molecular flexibility index (Phi) is 5.65. The Morgan fingerprint density at radius 2 is 1.88 bits per heavy atom. The molecule has 1 saturated heterocycles. The molecule has 2 bridgehead atoms. The van der Waals surface area contributed by atoms with Gasteiger partial charge in [0, 0.05) is 0 Å². The van der Waals surface area contributed by atoms with E-state index in [0.717, 1.165) is 0 Å². The molecule has 2 unspecified atom stereocenters. The van der Waals surface area contributed by atoms with E-state index in [1.165, 1.54) is 13.3 Å². The number of nitrogens with zero attached hydrogens (tertiary/aromatic N) is 4. The zero-order chi connectivity index (χ0) is 23.6. The van der Waals surface area contributed by atoms with Crippen molar-refractivity contribution in [1.82, 2.24) is 19.5 Å². The van der Waals surface area contributed by atoms with Crippen LogP contribution in [-0.2, 0) is 13.8 Å². The van der Waals surface area contributed by atoms with Crippen LogP contribution in [0, 0.1) is 0 Å². The van der Waals surface area contributed by atoms with Gasteiger partial charge in [-0.15, -0.1) is 0 Å². The number of ether oxygens (including phenoxy) is 1. The van der Waals surface area contributed by atoms with Crippen molar-refractivity contribution in [2.45, 2.75) is 88.4 Å². The van der Waals surface area contributed by atoms with E-state index in [9.17, 15) is 24.8 Å². The molecule has 13 heteroatoms. The lowest BCUT2D eigenvalue weighted by Gasteiger charge is -2.46. The summed E-state index contributed by atoms with van der Waals surface area (Å²) in [6.45, 7) is 6.37. The fourth-order valence-electron chi connectivity index (χ4n) is 4.69. The molecular weight excluding hydrogens is 441 g/mol. The highest BCUT2D eigenvalue weighted by Gasteiger charge is 2.61. The van der Waals surface area contributed by atoms with Crippen LogP contribution in [0.15, 0.2) is 6.33 Å². The van der Waals surface area contributed by atoms with Gasteiger partial charge in [-0.25, -0.2) is 15.0 Å². The Hall–Kier alpha value is -1.66. The maximum absolute atomic E-state index is 13.2. The van der Waals surface area contributed by atoms with Crippen LogP contribution in [0.2, 0.25) is 0 Å². The number of hydrogen-bond donors (Lipinski definition) is 5. The molecule has 4 heterocycles. The largest absolute Gasteiger partial charge is 0.387 e. The molecule has 32 heavy (non-hydrogen) atoms. The van der Waals surface area contributed by atoms with E-state index < -0.39 is 49.0 Å². The fraction of sp³-hybridized carbons (Fsp3) is 0.737. The molecule has 0 aromatic carbocycles. The molecule has 2 aliphatic heterocycles. The van der Waals surface area contributed by atoms with E-state index in [4.69, 9.17) is 15.0 Å². The quantitative estimate of drug-likeness (QED) is 0.363. The summed E-state index contributed by atoms with van der Waals surface area (Å²) < 4.78 is 26.6. The van der Waals surface area contributed by atoms with Crippen LogP contribution in [0.5, 0.6) is 0 Å². The molecule has 1 fully saturated rings. The van der Waals surface area contributed by atoms with Gasteiger partial charge in [-0.2, -0.15) is 0 Å². The Bertz CT molecular complexity index is 1070. The summed E-state index contributed by atoms with van der Waals surface area (Å²) in [5, 5.41) is 30.1. The minimum Gasteiger partial charge on any atom is -0.387 e. The molecule has 0 aliphatic carbocycles. The molecule has 6 N–H and O–H groups in total. The second-order valence-corrected chi connectivity index (χ2v) is 10.9. The van der Waals surface area contributed by atoms with Crippen molar-refractivity contribution in [2.75, 3.05) is 5.73 Å². The highest BCUT2D eigenvalue weighted by Crippen LogP contribution is 2.62. The van der Waals surface area contributed by atoms with Gasteiger partial charge in [-0.05, 0) is 26.2 Å². The normalized spacial score (nSPS) is 31.3. The van der Waals surface area contributed by atoms with Gasteiger partial charge in [0.25, 0.3) is 0 Å². The predicted molar refractivity (Wildman–Crippen MR) is 114 cm³/mol. The minimum atomic E-state index is -4.56. The Morgan fingerprint density at radius 3 is 2.47 bits per heavy atom. The topological polar surface area (TPSA) is 186 Å². The van der Waals surface area contributed by atoms with Crippen molar-refractivity contribution in [2.24, 2.45) is 0 Å². The number of nitrogens with two attached hydrogens (primary N) is 1. The van der Waals surface area contributed by atoms with Gasteiger partial charge in [0.1, 0.15) is 30.5 Å². The molecule has 0 spiro atoms. The molecule has 4 rings (SSSR count). The number of hydrogen-bond acceptors (Lipinski definition) is 10. The van der Waals surface area contributed by atoms with Crippen molar-refractivity contribution in [1.29, 1.82) is 0 Å². The number of imidazole rings is 1. The van der Waals surface area contributed by atoms with E-state index in [1.807, 2.05) is 0 Å². The molecule has 2 aromatic heterocycles. The second kappa shape index (κ2) is 7.69. The van der Waals surface area contributed by atoms with Crippen LogP contribution < -0.4 is 5.73 Å². The van der Waals surface area contributed by atoms with E-state index in [0.29, 0.717) is 17.0 Å². The van der Waals surface area contributed by atoms with Gasteiger partial charge in [0.15, 0.2) is 28.6 Å². The van der Waals surface area contributed by atoms with Crippen molar-refractivity contribution >= 4 is 24.6 Å². The van der Waals surface area contributed by atoms with Gasteiger partial charge in [0.2, 0.25) is 0 Å². The summed E-state index contributed by atoms with van der Waals surface area (Å²) in [5.74, 6) is -0.394. The highest BCUT2D eigenvalue weighted by molar-refractivity contribution is 7.54. The molecule has 2 aliphatic rings. The molecular formula is C19H30N5O7P. The maximum atomic E-state index is 13.2. The third kappa shape index (κ3) is 3.12. The van der Waals surface area contributed by atoms with E-state index in [2.05, 4.69) is 15.0 Å². The molecule has 178 valence electrons. The average molecular weight is 471 g/mol. The molecule has 2 aromatic rings. The molecule has 0 radical (unpaired) electrons. The predicted octanol–water partition coefficient (Wildman–Crippen LogP) is 1.00. The second-order valence-electron chi connectivity index (χ2n) is 8.68. The first kappa shape index (κ1) is 23.5. The van der Waals surface area contributed by atoms with E-state index >= 15 is 0 Å². The summed E-state index contributed by atoms with van der Waals surface area (Å²) in [7, 11) is -4.56. The molecule has 7 atom stereocenters. The number of aliphatic hydroxyl groups excluding tert-OH is 2. The molecule has 12 nitrogen and oxygen atoms in total. The van der Waals surface area contributed by atoms with Gasteiger partial charge < -0.3 is 30.7 Å². The third-order valence-corrected chi connectivity index (χ3v) is 9.16. The number of nitrogen functional groups attached to an aromatic ring is 1. The number of aromatic nitrogens is 4. The molecule has 0 amide bonds. The lowest BCUT2D eigenvalue weighted by atomic mass is 9.77. The zero-order valence-electron chi connectivity index (χ0n) is 18.4. The Morgan fingerprint density at radius 1 is 1.22 bits per heavy atom. The van der Waals surface area contributed by atoms with Crippen LogP contribution in [0.4, 0.5) is 5.82 Å². The van der Waals surface area contributed by atoms with E-state index in [-0.39, 0.29) is 25.1 Å². The molecule has 0 saturated carbocycles. The lowest BCUT2D eigenvalue weighted by molar-refractivity contribution is -0.116. The summed E-state index contributed by atoms with van der Waals surface area (Å²) in [6, 6.07) is 0. The first-order chi connectivity index (χ1) is 14.9. The Labute approximate surface area is 184 Å². The number of rotatable bonds is 7. The van der Waals surface area contributed by atoms with Crippen LogP contribution in [0.1, 0.15) is 64.9 Å². The van der Waals surface area contributed by atoms with Gasteiger partial charge >= 0.3 is 7.60 Å². The summed E-state index contributed by atoms with van der Waals surface area (Å²) >= 11 is 0. The lowest BCUT2D eigenvalue weighted by Crippen LogP contribution is -2.50. The van der Waals surface area contributed by atoms with Gasteiger partial charge in [0.05, 0.1) is 11.5 Å². The Balaban J connectivity index is 1.94. The van der Waals surface area contributed by atoms with Crippen molar-refractivity contribution in [3.8, 4) is 0 Å². The summed E-state index contributed by atoms with van der Waals surface area (Å²) in [6.07, 6.45) is -2.81. The van der Waals surface area contributed by atoms with Crippen molar-refractivity contribution in [3.63, 3.8) is 0 Å². The van der Waals surface area contributed by atoms with Gasteiger partial charge in [-0.3, -0.25) is 13.7 Å². The first-order valence-electron chi connectivity index (χ1n) is 10.7. The number of aliphatic hydroxyl groups is 3. The number of anilines is 1. The third-order valence-electron chi connectivity index (χ3n) is 7.02. The van der Waals surface area contributed by atoms with Crippen LogP contribution >= 0.6 is 7.60 Å². The fourth-order valence-corrected chi connectivity index (χ4v) is 6.15. The standard InChI is InChI=1S/C19H30N5O7P/c1-5-18(4,27)32(28,29)31-19(6-2,7-3)9-13-11(25)12(26)17(30-13)24-15(9)23-10-14(20)21-8-22-16(10)24/h8-9,11-13,17,25-27H,5-7H2,1-4H3,(H,28,29)(H2,20,21,22)/t9-,11+,12-,13?,17-,18-/m1/s1. The zero-order valence-corrected chi connectivity index (χ0v) is 19.3. The highest BCUT2D eigenvalue weighted by atomic mass is 31.2. The maximum Gasteiger partial charge on any atom is 0.359 e. The van der Waals surface area contributed by atoms with Crippen LogP contribution in [-0.4, -0.2) is 69.0 Å². The average Bonchev–Trinajstić information content (AvgIpc) is 3.26. The van der Waals surface area contributed by atoms with Crippen LogP contribution in [0.3, 0.4) is 0 Å². The summed E-state index contributed by atoms with van der Waals surface area (Å²) in [4.78, 5) is 23.6. The first-order valence-corrected chi connectivity index (χ1v) is 12.3. The SMILES string of the molecule is CCC(CC)(OP(=O)(O)[C@@](C)(O)CC)[C@H]1c2nc3c(N)ncnc3n2[C@@H]2OC1[C@@H](O)[C@H]2O. The monoisotopic (exact) mass is 471 g/mol. The number of fused-ring (bicyclic) bond motifs is 6. The minimum absolute atomic E-state index is 0.0110.